The molecule has 7 heteroatoms. The van der Waals surface area contributed by atoms with E-state index in [1.165, 1.54) is 0 Å². The Balaban J connectivity index is 2.50. The Morgan fingerprint density at radius 1 is 1.28 bits per heavy atom. The fourth-order valence-electron chi connectivity index (χ4n) is 1.49. The standard InChI is InChI=1S/C11H21N5O2/c1-18-8-11-14-9(7-10(15-11)16-12)13-5-3-2-4-6-17/h7,17H,2-6,8,12H2,1H3,(H2,13,14,15,16). The lowest BCUT2D eigenvalue weighted by atomic mass is 10.2. The molecule has 1 aromatic heterocycles. The summed E-state index contributed by atoms with van der Waals surface area (Å²) in [5.74, 6) is 7.18. The van der Waals surface area contributed by atoms with Gasteiger partial charge in [-0.15, -0.1) is 0 Å². The third kappa shape index (κ3) is 5.26. The number of hydrazine groups is 1. The Morgan fingerprint density at radius 2 is 2.06 bits per heavy atom. The molecule has 0 saturated heterocycles. The number of unbranched alkanes of at least 4 members (excludes halogenated alkanes) is 2. The summed E-state index contributed by atoms with van der Waals surface area (Å²) in [6.45, 7) is 1.38. The Hall–Kier alpha value is -1.44. The van der Waals surface area contributed by atoms with E-state index >= 15 is 0 Å². The van der Waals surface area contributed by atoms with Gasteiger partial charge >= 0.3 is 0 Å². The second-order valence-corrected chi connectivity index (χ2v) is 3.84. The molecule has 0 fully saturated rings. The van der Waals surface area contributed by atoms with Crippen LogP contribution >= 0.6 is 0 Å². The van der Waals surface area contributed by atoms with Gasteiger partial charge < -0.3 is 20.6 Å². The molecule has 1 heterocycles. The van der Waals surface area contributed by atoms with Crippen LogP contribution in [0.2, 0.25) is 0 Å². The minimum atomic E-state index is 0.243. The number of aliphatic hydroxyl groups excluding tert-OH is 1. The summed E-state index contributed by atoms with van der Waals surface area (Å²) in [4.78, 5) is 8.45. The van der Waals surface area contributed by atoms with Crippen molar-refractivity contribution in [2.75, 3.05) is 31.0 Å². The van der Waals surface area contributed by atoms with Crippen LogP contribution in [0, 0.1) is 0 Å². The van der Waals surface area contributed by atoms with Crippen LogP contribution < -0.4 is 16.6 Å². The Morgan fingerprint density at radius 3 is 2.72 bits per heavy atom. The lowest BCUT2D eigenvalue weighted by Crippen LogP contribution is -2.13. The van der Waals surface area contributed by atoms with Gasteiger partial charge in [0, 0.05) is 26.3 Å². The maximum Gasteiger partial charge on any atom is 0.158 e. The smallest absolute Gasteiger partial charge is 0.158 e. The number of anilines is 2. The SMILES string of the molecule is COCc1nc(NN)cc(NCCCCCO)n1. The number of nitrogens with two attached hydrogens (primary N) is 1. The van der Waals surface area contributed by atoms with Gasteiger partial charge in [-0.25, -0.2) is 15.8 Å². The first kappa shape index (κ1) is 14.6. The first-order chi connectivity index (χ1) is 8.80. The second kappa shape index (κ2) is 8.62. The molecular formula is C11H21N5O2. The zero-order valence-corrected chi connectivity index (χ0v) is 10.6. The molecule has 0 amide bonds. The molecule has 0 saturated carbocycles. The number of nitrogens with zero attached hydrogens (tertiary/aromatic N) is 2. The number of nitrogens with one attached hydrogen (secondary N) is 2. The van der Waals surface area contributed by atoms with E-state index in [1.807, 2.05) is 0 Å². The summed E-state index contributed by atoms with van der Waals surface area (Å²) in [7, 11) is 1.59. The molecule has 1 rings (SSSR count). The van der Waals surface area contributed by atoms with Crippen LogP contribution in [0.3, 0.4) is 0 Å². The van der Waals surface area contributed by atoms with Crippen molar-refractivity contribution in [3.63, 3.8) is 0 Å². The monoisotopic (exact) mass is 255 g/mol. The van der Waals surface area contributed by atoms with Gasteiger partial charge in [0.25, 0.3) is 0 Å². The first-order valence-electron chi connectivity index (χ1n) is 5.98. The average Bonchev–Trinajstić information content (AvgIpc) is 2.38. The van der Waals surface area contributed by atoms with Crippen molar-refractivity contribution in [3.8, 4) is 0 Å². The maximum atomic E-state index is 8.67. The van der Waals surface area contributed by atoms with Gasteiger partial charge in [0.15, 0.2) is 5.82 Å². The number of rotatable bonds is 9. The van der Waals surface area contributed by atoms with E-state index in [0.29, 0.717) is 24.1 Å². The molecule has 0 atom stereocenters. The summed E-state index contributed by atoms with van der Waals surface area (Å²) in [5.41, 5.74) is 2.50. The quantitative estimate of drug-likeness (QED) is 0.289. The number of nitrogen functional groups attached to an aromatic ring is 1. The van der Waals surface area contributed by atoms with Gasteiger partial charge in [-0.3, -0.25) is 0 Å². The van der Waals surface area contributed by atoms with Gasteiger partial charge in [-0.05, 0) is 19.3 Å². The van der Waals surface area contributed by atoms with Crippen LogP contribution in [0.15, 0.2) is 6.07 Å². The van der Waals surface area contributed by atoms with Gasteiger partial charge in [0.2, 0.25) is 0 Å². The third-order valence-electron chi connectivity index (χ3n) is 2.33. The third-order valence-corrected chi connectivity index (χ3v) is 2.33. The van der Waals surface area contributed by atoms with E-state index in [9.17, 15) is 0 Å². The highest BCUT2D eigenvalue weighted by Gasteiger charge is 2.03. The zero-order valence-electron chi connectivity index (χ0n) is 10.6. The minimum absolute atomic E-state index is 0.243. The van der Waals surface area contributed by atoms with Crippen LogP contribution in [0.1, 0.15) is 25.1 Å². The van der Waals surface area contributed by atoms with E-state index in [1.54, 1.807) is 13.2 Å². The first-order valence-corrected chi connectivity index (χ1v) is 5.98. The minimum Gasteiger partial charge on any atom is -0.396 e. The van der Waals surface area contributed by atoms with Crippen LogP contribution in [-0.4, -0.2) is 35.3 Å². The van der Waals surface area contributed by atoms with Crippen LogP contribution in [0.25, 0.3) is 0 Å². The van der Waals surface area contributed by atoms with E-state index in [0.717, 1.165) is 25.8 Å². The van der Waals surface area contributed by atoms with Gasteiger partial charge in [0.05, 0.1) is 0 Å². The molecule has 0 unspecified atom stereocenters. The summed E-state index contributed by atoms with van der Waals surface area (Å²) < 4.78 is 4.99. The Bertz CT molecular complexity index is 348. The molecule has 5 N–H and O–H groups in total. The van der Waals surface area contributed by atoms with E-state index in [2.05, 4.69) is 20.7 Å². The zero-order chi connectivity index (χ0) is 13.2. The van der Waals surface area contributed by atoms with Crippen molar-refractivity contribution in [1.29, 1.82) is 0 Å². The van der Waals surface area contributed by atoms with Crippen LogP contribution in [0.5, 0.6) is 0 Å². The molecule has 7 nitrogen and oxygen atoms in total. The number of aliphatic hydroxyl groups is 1. The molecule has 0 aliphatic heterocycles. The molecule has 1 aromatic rings. The summed E-state index contributed by atoms with van der Waals surface area (Å²) in [6, 6.07) is 1.74. The predicted molar refractivity (Wildman–Crippen MR) is 70.0 cm³/mol. The normalized spacial score (nSPS) is 10.4. The van der Waals surface area contributed by atoms with E-state index in [4.69, 9.17) is 15.7 Å². The topological polar surface area (TPSA) is 105 Å². The fourth-order valence-corrected chi connectivity index (χ4v) is 1.49. The highest BCUT2D eigenvalue weighted by atomic mass is 16.5. The number of ether oxygens (including phenoxy) is 1. The lowest BCUT2D eigenvalue weighted by Gasteiger charge is -2.09. The van der Waals surface area contributed by atoms with Crippen molar-refractivity contribution in [2.24, 2.45) is 5.84 Å². The van der Waals surface area contributed by atoms with Gasteiger partial charge in [0.1, 0.15) is 18.2 Å². The van der Waals surface area contributed by atoms with E-state index < -0.39 is 0 Å². The lowest BCUT2D eigenvalue weighted by molar-refractivity contribution is 0.178. The largest absolute Gasteiger partial charge is 0.396 e. The molecule has 0 aliphatic rings. The van der Waals surface area contributed by atoms with Crippen molar-refractivity contribution in [3.05, 3.63) is 11.9 Å². The van der Waals surface area contributed by atoms with Crippen LogP contribution in [0.4, 0.5) is 11.6 Å². The second-order valence-electron chi connectivity index (χ2n) is 3.84. The number of aromatic nitrogens is 2. The molecule has 0 radical (unpaired) electrons. The number of hydrogen-bond acceptors (Lipinski definition) is 7. The van der Waals surface area contributed by atoms with Crippen molar-refractivity contribution < 1.29 is 9.84 Å². The van der Waals surface area contributed by atoms with Crippen molar-refractivity contribution in [2.45, 2.75) is 25.9 Å². The summed E-state index contributed by atoms with van der Waals surface area (Å²) in [5, 5.41) is 11.9. The van der Waals surface area contributed by atoms with Gasteiger partial charge in [-0.2, -0.15) is 0 Å². The van der Waals surface area contributed by atoms with Crippen LogP contribution in [-0.2, 0) is 11.3 Å². The average molecular weight is 255 g/mol. The molecular weight excluding hydrogens is 234 g/mol. The molecule has 0 spiro atoms. The van der Waals surface area contributed by atoms with Gasteiger partial charge in [-0.1, -0.05) is 0 Å². The highest BCUT2D eigenvalue weighted by molar-refractivity contribution is 5.46. The van der Waals surface area contributed by atoms with E-state index in [-0.39, 0.29) is 6.61 Å². The maximum absolute atomic E-state index is 8.67. The molecule has 102 valence electrons. The Labute approximate surface area is 107 Å². The number of methoxy groups -OCH3 is 1. The van der Waals surface area contributed by atoms with Crippen molar-refractivity contribution >= 4 is 11.6 Å². The predicted octanol–water partition coefficient (Wildman–Crippen LogP) is 0.483. The molecule has 0 bridgehead atoms. The highest BCUT2D eigenvalue weighted by Crippen LogP contribution is 2.11. The number of hydrogen-bond donors (Lipinski definition) is 4. The molecule has 0 aromatic carbocycles. The summed E-state index contributed by atoms with van der Waals surface area (Å²) in [6.07, 6.45) is 2.80. The summed E-state index contributed by atoms with van der Waals surface area (Å²) >= 11 is 0. The molecule has 18 heavy (non-hydrogen) atoms. The fraction of sp³-hybridized carbons (Fsp3) is 0.636. The molecule has 0 aliphatic carbocycles. The van der Waals surface area contributed by atoms with Crippen molar-refractivity contribution in [1.82, 2.24) is 9.97 Å². The Kier molecular flexibility index (Phi) is 7.00.